The zero-order valence-corrected chi connectivity index (χ0v) is 15.4. The van der Waals surface area contributed by atoms with Crippen LogP contribution in [0.4, 0.5) is 5.69 Å². The second-order valence-electron chi connectivity index (χ2n) is 6.62. The van der Waals surface area contributed by atoms with Crippen molar-refractivity contribution in [3.63, 3.8) is 0 Å². The highest BCUT2D eigenvalue weighted by Gasteiger charge is 2.32. The lowest BCUT2D eigenvalue weighted by Crippen LogP contribution is -2.41. The number of benzene rings is 2. The summed E-state index contributed by atoms with van der Waals surface area (Å²) in [6, 6.07) is 12.7. The van der Waals surface area contributed by atoms with Gasteiger partial charge >= 0.3 is 0 Å². The average Bonchev–Trinajstić information content (AvgIpc) is 2.86. The first-order valence-corrected chi connectivity index (χ1v) is 9.86. The van der Waals surface area contributed by atoms with Crippen LogP contribution < -0.4 is 4.90 Å². The third-order valence-corrected chi connectivity index (χ3v) is 5.59. The summed E-state index contributed by atoms with van der Waals surface area (Å²) in [7, 11) is -3.27. The largest absolute Gasteiger partial charge is 0.300 e. The molecule has 2 aromatic carbocycles. The number of rotatable bonds is 3. The van der Waals surface area contributed by atoms with Crippen LogP contribution in [0.3, 0.4) is 0 Å². The monoisotopic (exact) mass is 355 g/mol. The first-order valence-electron chi connectivity index (χ1n) is 8.15. The Hall–Kier alpha value is -2.40. The summed E-state index contributed by atoms with van der Waals surface area (Å²) in [5.41, 5.74) is 4.32. The number of hydrogen-bond acceptors (Lipinski definition) is 3. The van der Waals surface area contributed by atoms with E-state index in [1.165, 1.54) is 5.41 Å². The highest BCUT2D eigenvalue weighted by Crippen LogP contribution is 2.27. The van der Waals surface area contributed by atoms with Crippen molar-refractivity contribution in [3.05, 3.63) is 76.2 Å². The van der Waals surface area contributed by atoms with Gasteiger partial charge in [-0.2, -0.15) is 0 Å². The fourth-order valence-electron chi connectivity index (χ4n) is 3.19. The Bertz CT molecular complexity index is 940. The predicted octanol–water partition coefficient (Wildman–Crippen LogP) is 3.57. The van der Waals surface area contributed by atoms with Crippen LogP contribution in [0, 0.1) is 20.8 Å². The third kappa shape index (κ3) is 3.82. The maximum Gasteiger partial charge on any atom is 0.258 e. The standard InChI is InChI=1S/C20H21NO3S/c1-14-5-4-6-17(10-14)20(22)21(18-7-8-25(23,24)13-18)19-11-15(2)9-16(3)12-19/h4-12,18H,13H2,1-3H3/t18-/m1/s1. The number of carbonyl (C=O) groups excluding carboxylic acids is 1. The van der Waals surface area contributed by atoms with Gasteiger partial charge in [-0.1, -0.05) is 23.8 Å². The van der Waals surface area contributed by atoms with E-state index in [9.17, 15) is 13.2 Å². The highest BCUT2D eigenvalue weighted by molar-refractivity contribution is 7.94. The molecule has 1 heterocycles. The molecule has 0 saturated heterocycles. The van der Waals surface area contributed by atoms with E-state index in [2.05, 4.69) is 0 Å². The topological polar surface area (TPSA) is 54.5 Å². The van der Waals surface area contributed by atoms with Crippen LogP contribution in [0.15, 0.2) is 53.9 Å². The zero-order chi connectivity index (χ0) is 18.2. The van der Waals surface area contributed by atoms with Crippen LogP contribution in [-0.4, -0.2) is 26.1 Å². The Kier molecular flexibility index (Phi) is 4.52. The van der Waals surface area contributed by atoms with Gasteiger partial charge in [0, 0.05) is 16.7 Å². The normalized spacial score (nSPS) is 18.3. The van der Waals surface area contributed by atoms with Gasteiger partial charge in [0.2, 0.25) is 0 Å². The summed E-state index contributed by atoms with van der Waals surface area (Å²) < 4.78 is 23.8. The SMILES string of the molecule is Cc1cccc(C(=O)N(c2cc(C)cc(C)c2)[C@@H]2C=CS(=O)(=O)C2)c1. The second-order valence-corrected chi connectivity index (χ2v) is 8.55. The van der Waals surface area contributed by atoms with E-state index in [-0.39, 0.29) is 11.7 Å². The highest BCUT2D eigenvalue weighted by atomic mass is 32.2. The van der Waals surface area contributed by atoms with E-state index in [0.29, 0.717) is 5.56 Å². The number of aryl methyl sites for hydroxylation is 3. The van der Waals surface area contributed by atoms with Crippen molar-refractivity contribution >= 4 is 21.4 Å². The van der Waals surface area contributed by atoms with Crippen molar-refractivity contribution in [3.8, 4) is 0 Å². The van der Waals surface area contributed by atoms with Gasteiger partial charge in [-0.3, -0.25) is 4.79 Å². The molecule has 0 unspecified atom stereocenters. The molecule has 25 heavy (non-hydrogen) atoms. The van der Waals surface area contributed by atoms with Crippen LogP contribution in [-0.2, 0) is 9.84 Å². The van der Waals surface area contributed by atoms with Gasteiger partial charge in [-0.15, -0.1) is 0 Å². The number of hydrogen-bond donors (Lipinski definition) is 0. The van der Waals surface area contributed by atoms with Gasteiger partial charge in [-0.05, 0) is 62.2 Å². The van der Waals surface area contributed by atoms with Crippen LogP contribution in [0.1, 0.15) is 27.0 Å². The fourth-order valence-corrected chi connectivity index (χ4v) is 4.45. The Labute approximate surface area is 148 Å². The van der Waals surface area contributed by atoms with Crippen LogP contribution in [0.5, 0.6) is 0 Å². The van der Waals surface area contributed by atoms with Crippen molar-refractivity contribution in [2.45, 2.75) is 26.8 Å². The quantitative estimate of drug-likeness (QED) is 0.846. The van der Waals surface area contributed by atoms with E-state index in [1.807, 2.05) is 57.2 Å². The number of nitrogens with zero attached hydrogens (tertiary/aromatic N) is 1. The van der Waals surface area contributed by atoms with Crippen LogP contribution in [0.25, 0.3) is 0 Å². The second kappa shape index (κ2) is 6.48. The minimum absolute atomic E-state index is 0.0858. The lowest BCUT2D eigenvalue weighted by molar-refractivity contribution is 0.0983. The Morgan fingerprint density at radius 2 is 1.68 bits per heavy atom. The first-order chi connectivity index (χ1) is 11.7. The molecule has 130 valence electrons. The van der Waals surface area contributed by atoms with E-state index in [0.717, 1.165) is 22.4 Å². The Morgan fingerprint density at radius 1 is 1.00 bits per heavy atom. The summed E-state index contributed by atoms with van der Waals surface area (Å²) in [4.78, 5) is 14.8. The molecule has 0 fully saturated rings. The summed E-state index contributed by atoms with van der Waals surface area (Å²) in [6.45, 7) is 5.86. The lowest BCUT2D eigenvalue weighted by atomic mass is 10.1. The Morgan fingerprint density at radius 3 is 2.24 bits per heavy atom. The van der Waals surface area contributed by atoms with Gasteiger partial charge in [0.1, 0.15) is 0 Å². The van der Waals surface area contributed by atoms with E-state index >= 15 is 0 Å². The summed E-state index contributed by atoms with van der Waals surface area (Å²) in [5, 5.41) is 1.21. The molecule has 3 rings (SSSR count). The predicted molar refractivity (Wildman–Crippen MR) is 101 cm³/mol. The molecule has 1 amide bonds. The molecule has 0 saturated carbocycles. The number of anilines is 1. The summed E-state index contributed by atoms with van der Waals surface area (Å²) in [6.07, 6.45) is 1.60. The zero-order valence-electron chi connectivity index (χ0n) is 14.6. The number of carbonyl (C=O) groups is 1. The molecule has 0 aliphatic carbocycles. The van der Waals surface area contributed by atoms with Gasteiger partial charge < -0.3 is 4.90 Å². The third-order valence-electron chi connectivity index (χ3n) is 4.21. The van der Waals surface area contributed by atoms with Gasteiger partial charge in [-0.25, -0.2) is 8.42 Å². The van der Waals surface area contributed by atoms with Crippen LogP contribution >= 0.6 is 0 Å². The van der Waals surface area contributed by atoms with E-state index in [4.69, 9.17) is 0 Å². The molecule has 0 radical (unpaired) electrons. The molecular weight excluding hydrogens is 334 g/mol. The van der Waals surface area contributed by atoms with E-state index < -0.39 is 15.9 Å². The Balaban J connectivity index is 2.09. The molecular formula is C20H21NO3S. The maximum absolute atomic E-state index is 13.2. The van der Waals surface area contributed by atoms with Gasteiger partial charge in [0.05, 0.1) is 11.8 Å². The van der Waals surface area contributed by atoms with Gasteiger partial charge in [0.15, 0.2) is 9.84 Å². The minimum atomic E-state index is -3.27. The molecule has 1 aliphatic rings. The molecule has 5 heteroatoms. The molecule has 0 bridgehead atoms. The molecule has 0 aromatic heterocycles. The minimum Gasteiger partial charge on any atom is -0.300 e. The molecule has 0 N–H and O–H groups in total. The first kappa shape index (κ1) is 17.4. The van der Waals surface area contributed by atoms with Crippen molar-refractivity contribution in [1.82, 2.24) is 0 Å². The van der Waals surface area contributed by atoms with Crippen molar-refractivity contribution in [2.75, 3.05) is 10.7 Å². The molecule has 0 spiro atoms. The fraction of sp³-hybridized carbons (Fsp3) is 0.250. The van der Waals surface area contributed by atoms with Crippen molar-refractivity contribution < 1.29 is 13.2 Å². The number of sulfone groups is 1. The van der Waals surface area contributed by atoms with Crippen LogP contribution in [0.2, 0.25) is 0 Å². The average molecular weight is 355 g/mol. The van der Waals surface area contributed by atoms with Crippen molar-refractivity contribution in [2.24, 2.45) is 0 Å². The van der Waals surface area contributed by atoms with Gasteiger partial charge in [0.25, 0.3) is 5.91 Å². The molecule has 1 aliphatic heterocycles. The molecule has 2 aromatic rings. The maximum atomic E-state index is 13.2. The summed E-state index contributed by atoms with van der Waals surface area (Å²) >= 11 is 0. The van der Waals surface area contributed by atoms with Crippen molar-refractivity contribution in [1.29, 1.82) is 0 Å². The summed E-state index contributed by atoms with van der Waals surface area (Å²) in [5.74, 6) is -0.280. The molecule has 4 nitrogen and oxygen atoms in total. The van der Waals surface area contributed by atoms with E-state index in [1.54, 1.807) is 17.0 Å². The number of amides is 1. The molecule has 1 atom stereocenters. The lowest BCUT2D eigenvalue weighted by Gasteiger charge is -2.28. The smallest absolute Gasteiger partial charge is 0.258 e.